The van der Waals surface area contributed by atoms with Crippen LogP contribution in [0.2, 0.25) is 0 Å². The van der Waals surface area contributed by atoms with Crippen molar-refractivity contribution in [3.8, 4) is 17.4 Å². The first-order valence-corrected chi connectivity index (χ1v) is 4.03. The van der Waals surface area contributed by atoms with Gasteiger partial charge in [0.05, 0.1) is 5.56 Å². The van der Waals surface area contributed by atoms with Crippen LogP contribution >= 0.6 is 0 Å². The third-order valence-corrected chi connectivity index (χ3v) is 1.82. The van der Waals surface area contributed by atoms with E-state index in [1.807, 2.05) is 0 Å². The van der Waals surface area contributed by atoms with Crippen molar-refractivity contribution in [3.05, 3.63) is 41.6 Å². The van der Waals surface area contributed by atoms with E-state index in [9.17, 15) is 8.78 Å². The number of nitriles is 1. The minimum atomic E-state index is -0.628. The van der Waals surface area contributed by atoms with E-state index in [0.29, 0.717) is 0 Å². The van der Waals surface area contributed by atoms with Crippen molar-refractivity contribution in [3.63, 3.8) is 0 Å². The first kappa shape index (κ1) is 9.34. The lowest BCUT2D eigenvalue weighted by Gasteiger charge is -1.97. The van der Waals surface area contributed by atoms with Gasteiger partial charge < -0.3 is 4.52 Å². The Morgan fingerprint density at radius 1 is 1.27 bits per heavy atom. The molecule has 0 N–H and O–H groups in total. The highest BCUT2D eigenvalue weighted by Gasteiger charge is 2.12. The maximum atomic E-state index is 13.2. The van der Waals surface area contributed by atoms with Crippen LogP contribution in [0.1, 0.15) is 5.69 Å². The summed E-state index contributed by atoms with van der Waals surface area (Å²) in [4.78, 5) is 0. The highest BCUT2D eigenvalue weighted by atomic mass is 19.1. The molecule has 1 aromatic heterocycles. The number of hydrogen-bond donors (Lipinski definition) is 0. The van der Waals surface area contributed by atoms with E-state index in [1.165, 1.54) is 6.07 Å². The molecule has 5 heteroatoms. The fourth-order valence-corrected chi connectivity index (χ4v) is 1.14. The number of rotatable bonds is 1. The third kappa shape index (κ3) is 1.70. The lowest BCUT2D eigenvalue weighted by atomic mass is 10.1. The summed E-state index contributed by atoms with van der Waals surface area (Å²) in [6.45, 7) is 0. The van der Waals surface area contributed by atoms with E-state index < -0.39 is 11.6 Å². The monoisotopic (exact) mass is 206 g/mol. The van der Waals surface area contributed by atoms with Gasteiger partial charge in [0.1, 0.15) is 17.7 Å². The Hall–Kier alpha value is -2.22. The normalized spacial score (nSPS) is 9.93. The second-order valence-corrected chi connectivity index (χ2v) is 2.81. The average molecular weight is 206 g/mol. The van der Waals surface area contributed by atoms with Crippen molar-refractivity contribution in [2.45, 2.75) is 0 Å². The molecule has 0 saturated heterocycles. The topological polar surface area (TPSA) is 49.8 Å². The van der Waals surface area contributed by atoms with Gasteiger partial charge in [-0.3, -0.25) is 0 Å². The highest BCUT2D eigenvalue weighted by molar-refractivity contribution is 5.59. The summed E-state index contributed by atoms with van der Waals surface area (Å²) in [7, 11) is 0. The van der Waals surface area contributed by atoms with Crippen LogP contribution in [0.4, 0.5) is 8.78 Å². The second kappa shape index (κ2) is 3.50. The molecule has 74 valence electrons. The molecule has 1 aromatic carbocycles. The molecule has 2 rings (SSSR count). The minimum Gasteiger partial charge on any atom is -0.355 e. The highest BCUT2D eigenvalue weighted by Crippen LogP contribution is 2.24. The van der Waals surface area contributed by atoms with Gasteiger partial charge in [0.15, 0.2) is 11.5 Å². The van der Waals surface area contributed by atoms with Gasteiger partial charge >= 0.3 is 0 Å². The predicted octanol–water partition coefficient (Wildman–Crippen LogP) is 2.49. The van der Waals surface area contributed by atoms with Crippen LogP contribution in [-0.2, 0) is 0 Å². The first-order chi connectivity index (χ1) is 7.20. The van der Waals surface area contributed by atoms with E-state index in [-0.39, 0.29) is 17.0 Å². The maximum absolute atomic E-state index is 13.2. The number of nitrogens with zero attached hydrogens (tertiary/aromatic N) is 2. The van der Waals surface area contributed by atoms with Crippen molar-refractivity contribution in [2.75, 3.05) is 0 Å². The first-order valence-electron chi connectivity index (χ1n) is 4.03. The van der Waals surface area contributed by atoms with E-state index >= 15 is 0 Å². The van der Waals surface area contributed by atoms with Gasteiger partial charge in [0.25, 0.3) is 0 Å². The zero-order valence-electron chi connectivity index (χ0n) is 7.37. The van der Waals surface area contributed by atoms with Gasteiger partial charge in [-0.25, -0.2) is 8.78 Å². The van der Waals surface area contributed by atoms with Gasteiger partial charge in [-0.05, 0) is 18.2 Å². The Morgan fingerprint density at radius 3 is 2.73 bits per heavy atom. The molecule has 0 spiro atoms. The van der Waals surface area contributed by atoms with Crippen LogP contribution in [-0.4, -0.2) is 5.16 Å². The maximum Gasteiger partial charge on any atom is 0.184 e. The van der Waals surface area contributed by atoms with Crippen molar-refractivity contribution in [2.24, 2.45) is 0 Å². The van der Waals surface area contributed by atoms with Crippen molar-refractivity contribution < 1.29 is 13.3 Å². The molecular formula is C10H4F2N2O. The fourth-order valence-electron chi connectivity index (χ4n) is 1.14. The largest absolute Gasteiger partial charge is 0.355 e. The molecule has 0 fully saturated rings. The Kier molecular flexibility index (Phi) is 2.18. The van der Waals surface area contributed by atoms with Crippen LogP contribution in [0.5, 0.6) is 0 Å². The van der Waals surface area contributed by atoms with Crippen molar-refractivity contribution >= 4 is 0 Å². The number of aromatic nitrogens is 1. The Balaban J connectivity index is 2.54. The number of hydrogen-bond acceptors (Lipinski definition) is 3. The quantitative estimate of drug-likeness (QED) is 0.720. The van der Waals surface area contributed by atoms with Gasteiger partial charge in [-0.2, -0.15) is 5.26 Å². The van der Waals surface area contributed by atoms with Crippen LogP contribution in [0, 0.1) is 23.0 Å². The molecule has 3 nitrogen and oxygen atoms in total. The minimum absolute atomic E-state index is 0.0219. The van der Waals surface area contributed by atoms with Gasteiger partial charge in [0.2, 0.25) is 0 Å². The summed E-state index contributed by atoms with van der Waals surface area (Å²) in [6.07, 6.45) is 0. The average Bonchev–Trinajstić information content (AvgIpc) is 2.70. The molecule has 1 heterocycles. The van der Waals surface area contributed by atoms with E-state index in [4.69, 9.17) is 9.78 Å². The molecule has 0 atom stereocenters. The Morgan fingerprint density at radius 2 is 2.07 bits per heavy atom. The second-order valence-electron chi connectivity index (χ2n) is 2.81. The van der Waals surface area contributed by atoms with Crippen LogP contribution in [0.25, 0.3) is 11.3 Å². The molecule has 2 aromatic rings. The molecule has 0 bridgehead atoms. The SMILES string of the molecule is N#Cc1cc(-c2cc(F)ccc2F)on1. The van der Waals surface area contributed by atoms with Crippen LogP contribution in [0.15, 0.2) is 28.8 Å². The summed E-state index contributed by atoms with van der Waals surface area (Å²) in [5, 5.41) is 11.8. The summed E-state index contributed by atoms with van der Waals surface area (Å²) >= 11 is 0. The smallest absolute Gasteiger partial charge is 0.184 e. The van der Waals surface area contributed by atoms with E-state index in [2.05, 4.69) is 5.16 Å². The number of benzene rings is 1. The fraction of sp³-hybridized carbons (Fsp3) is 0. The Labute approximate surface area is 83.5 Å². The summed E-state index contributed by atoms with van der Waals surface area (Å²) in [6, 6.07) is 5.95. The zero-order valence-corrected chi connectivity index (χ0v) is 7.37. The lowest BCUT2D eigenvalue weighted by Crippen LogP contribution is -1.84. The van der Waals surface area contributed by atoms with Gasteiger partial charge in [-0.15, -0.1) is 0 Å². The van der Waals surface area contributed by atoms with Gasteiger partial charge in [-0.1, -0.05) is 5.16 Å². The lowest BCUT2D eigenvalue weighted by molar-refractivity contribution is 0.427. The summed E-state index contributed by atoms with van der Waals surface area (Å²) < 4.78 is 30.8. The van der Waals surface area contributed by atoms with Crippen molar-refractivity contribution in [1.82, 2.24) is 5.16 Å². The standard InChI is InChI=1S/C10H4F2N2O/c11-6-1-2-9(12)8(3-6)10-4-7(5-13)14-15-10/h1-4H. The van der Waals surface area contributed by atoms with E-state index in [0.717, 1.165) is 18.2 Å². The van der Waals surface area contributed by atoms with E-state index in [1.54, 1.807) is 6.07 Å². The zero-order chi connectivity index (χ0) is 10.8. The molecular weight excluding hydrogens is 202 g/mol. The third-order valence-electron chi connectivity index (χ3n) is 1.82. The predicted molar refractivity (Wildman–Crippen MR) is 46.6 cm³/mol. The summed E-state index contributed by atoms with van der Waals surface area (Å²) in [5.74, 6) is -1.18. The summed E-state index contributed by atoms with van der Waals surface area (Å²) in [5.41, 5.74) is -0.0299. The van der Waals surface area contributed by atoms with Crippen LogP contribution in [0.3, 0.4) is 0 Å². The molecule has 0 saturated carbocycles. The van der Waals surface area contributed by atoms with Crippen molar-refractivity contribution in [1.29, 1.82) is 5.26 Å². The Bertz CT molecular complexity index is 543. The van der Waals surface area contributed by atoms with Crippen LogP contribution < -0.4 is 0 Å². The molecule has 0 aliphatic heterocycles. The molecule has 0 aliphatic rings. The van der Waals surface area contributed by atoms with Gasteiger partial charge in [0, 0.05) is 6.07 Å². The molecule has 0 aliphatic carbocycles. The molecule has 0 unspecified atom stereocenters. The molecule has 0 amide bonds. The molecule has 0 radical (unpaired) electrons. The molecule has 15 heavy (non-hydrogen) atoms. The number of halogens is 2.